The number of ether oxygens (including phenoxy) is 4. The average Bonchev–Trinajstić information content (AvgIpc) is 3.74. The summed E-state index contributed by atoms with van der Waals surface area (Å²) in [6.07, 6.45) is 1.52. The number of hydrogen-bond acceptors (Lipinski definition) is 10. The van der Waals surface area contributed by atoms with Crippen LogP contribution >= 0.6 is 0 Å². The number of para-hydroxylation sites is 2. The molecule has 1 amide bonds. The summed E-state index contributed by atoms with van der Waals surface area (Å²) in [5.41, 5.74) is 8.09. The first kappa shape index (κ1) is 32.5. The summed E-state index contributed by atoms with van der Waals surface area (Å²) in [7, 11) is 1.43. The molecule has 0 saturated heterocycles. The number of carbonyl (C=O) groups excluding carboxylic acids is 2. The Labute approximate surface area is 225 Å². The van der Waals surface area contributed by atoms with Crippen molar-refractivity contribution in [3.8, 4) is 5.75 Å². The van der Waals surface area contributed by atoms with Crippen LogP contribution in [-0.4, -0.2) is 44.9 Å². The molecule has 11 heteroatoms. The zero-order chi connectivity index (χ0) is 28.6. The van der Waals surface area contributed by atoms with Gasteiger partial charge < -0.3 is 30.0 Å². The normalized spacial score (nSPS) is 12.1. The first-order valence-electron chi connectivity index (χ1n) is 12.5. The number of aryl methyl sites for hydroxylation is 1. The lowest BCUT2D eigenvalue weighted by atomic mass is 10.2. The fourth-order valence-corrected chi connectivity index (χ4v) is 2.54. The number of anilines is 2. The van der Waals surface area contributed by atoms with Crippen LogP contribution in [0, 0.1) is 12.8 Å². The molecule has 0 unspecified atom stereocenters. The van der Waals surface area contributed by atoms with E-state index in [0.717, 1.165) is 23.8 Å². The lowest BCUT2D eigenvalue weighted by Gasteiger charge is -2.22. The highest BCUT2D eigenvalue weighted by atomic mass is 16.8. The van der Waals surface area contributed by atoms with Gasteiger partial charge in [-0.25, -0.2) is 15.5 Å². The van der Waals surface area contributed by atoms with Gasteiger partial charge in [0.05, 0.1) is 12.3 Å². The predicted molar refractivity (Wildman–Crippen MR) is 146 cm³/mol. The third kappa shape index (κ3) is 13.7. The van der Waals surface area contributed by atoms with Crippen LogP contribution in [0.15, 0.2) is 48.5 Å². The molecule has 11 nitrogen and oxygen atoms in total. The number of nitrogen functional groups attached to an aromatic ring is 1. The van der Waals surface area contributed by atoms with Crippen LogP contribution in [-0.2, 0) is 23.8 Å². The summed E-state index contributed by atoms with van der Waals surface area (Å²) in [5.74, 6) is 5.50. The second-order valence-electron chi connectivity index (χ2n) is 8.56. The average molecular weight is 535 g/mol. The van der Waals surface area contributed by atoms with Gasteiger partial charge in [-0.3, -0.25) is 4.79 Å². The van der Waals surface area contributed by atoms with Crippen LogP contribution in [0.3, 0.4) is 0 Å². The van der Waals surface area contributed by atoms with Crippen LogP contribution in [0.4, 0.5) is 16.2 Å². The Morgan fingerprint density at radius 3 is 2.29 bits per heavy atom. The van der Waals surface area contributed by atoms with Crippen molar-refractivity contribution < 1.29 is 33.4 Å². The number of carbonyl (C=O) groups is 2. The van der Waals surface area contributed by atoms with Crippen LogP contribution in [0.2, 0.25) is 0 Å². The van der Waals surface area contributed by atoms with Crippen LogP contribution in [0.25, 0.3) is 0 Å². The van der Waals surface area contributed by atoms with Gasteiger partial charge in [0.25, 0.3) is 0 Å². The molecule has 1 aliphatic rings. The Hall–Kier alpha value is -3.54. The first-order valence-corrected chi connectivity index (χ1v) is 12.5. The van der Waals surface area contributed by atoms with Crippen molar-refractivity contribution >= 4 is 23.4 Å². The molecule has 2 aromatic rings. The Balaban J connectivity index is 0.000000359. The predicted octanol–water partition coefficient (Wildman–Crippen LogP) is 4.30. The first-order chi connectivity index (χ1) is 18.1. The van der Waals surface area contributed by atoms with Crippen molar-refractivity contribution in [2.75, 3.05) is 38.0 Å². The van der Waals surface area contributed by atoms with E-state index in [4.69, 9.17) is 35.4 Å². The minimum Gasteiger partial charge on any atom is -0.465 e. The number of hydrazine groups is 1. The number of nitrogens with zero attached hydrogens (tertiary/aromatic N) is 1. The van der Waals surface area contributed by atoms with E-state index in [0.29, 0.717) is 23.9 Å². The molecule has 0 atom stereocenters. The standard InChI is InChI=1S/C14H17N3O2.C11H19NO5.C2H6/c1-11-6-8-12(9-7-11)18-10-19-17(16)14-5-3-2-4-13(14)15;1-11(2,15-3)17-10(14)12-6-9(13)16-7-8-4-5-8;1-2/h2-9H,10,15-16H2,1H3;8H,4-7H2,1-3H3,(H,12,14);1-2H3. The lowest BCUT2D eigenvalue weighted by Crippen LogP contribution is -2.38. The van der Waals surface area contributed by atoms with Crippen LogP contribution < -0.4 is 26.8 Å². The van der Waals surface area contributed by atoms with Gasteiger partial charge in [0.15, 0.2) is 0 Å². The Kier molecular flexibility index (Phi) is 14.6. The van der Waals surface area contributed by atoms with Crippen molar-refractivity contribution in [2.45, 2.75) is 53.2 Å². The molecule has 0 spiro atoms. The summed E-state index contributed by atoms with van der Waals surface area (Å²) in [6.45, 7) is 9.47. The number of hydrogen-bond donors (Lipinski definition) is 3. The molecular formula is C27H42N4O7. The number of nitrogens with one attached hydrogen (secondary N) is 1. The molecule has 0 bridgehead atoms. The molecule has 3 rings (SSSR count). The molecule has 0 radical (unpaired) electrons. The summed E-state index contributed by atoms with van der Waals surface area (Å²) >= 11 is 0. The number of esters is 1. The van der Waals surface area contributed by atoms with E-state index >= 15 is 0 Å². The van der Waals surface area contributed by atoms with Gasteiger partial charge in [0.1, 0.15) is 18.0 Å². The Morgan fingerprint density at radius 1 is 1.08 bits per heavy atom. The van der Waals surface area contributed by atoms with Crippen LogP contribution in [0.5, 0.6) is 5.75 Å². The maximum absolute atomic E-state index is 11.3. The van der Waals surface area contributed by atoms with Gasteiger partial charge in [0.2, 0.25) is 12.6 Å². The molecular weight excluding hydrogens is 492 g/mol. The third-order valence-electron chi connectivity index (χ3n) is 5.00. The molecule has 0 aliphatic heterocycles. The largest absolute Gasteiger partial charge is 0.465 e. The van der Waals surface area contributed by atoms with E-state index in [9.17, 15) is 9.59 Å². The number of alkyl carbamates (subject to hydrolysis) is 1. The molecule has 2 aromatic carbocycles. The van der Waals surface area contributed by atoms with E-state index in [-0.39, 0.29) is 13.3 Å². The molecule has 1 saturated carbocycles. The van der Waals surface area contributed by atoms with Gasteiger partial charge in [-0.15, -0.1) is 0 Å². The number of benzene rings is 2. The van der Waals surface area contributed by atoms with Gasteiger partial charge in [-0.2, -0.15) is 5.17 Å². The second kappa shape index (κ2) is 17.1. The third-order valence-corrected chi connectivity index (χ3v) is 5.00. The van der Waals surface area contributed by atoms with E-state index in [1.54, 1.807) is 26.0 Å². The number of nitrogens with two attached hydrogens (primary N) is 2. The minimum absolute atomic E-state index is 0.00783. The molecule has 0 aromatic heterocycles. The van der Waals surface area contributed by atoms with E-state index in [1.165, 1.54) is 12.7 Å². The Morgan fingerprint density at radius 2 is 1.71 bits per heavy atom. The highest BCUT2D eigenvalue weighted by Gasteiger charge is 2.24. The highest BCUT2D eigenvalue weighted by molar-refractivity contribution is 5.78. The Bertz CT molecular complexity index is 966. The fourth-order valence-electron chi connectivity index (χ4n) is 2.54. The van der Waals surface area contributed by atoms with Crippen molar-refractivity contribution in [3.05, 3.63) is 54.1 Å². The summed E-state index contributed by atoms with van der Waals surface area (Å²) < 4.78 is 20.1. The topological polar surface area (TPSA) is 148 Å². The van der Waals surface area contributed by atoms with Gasteiger partial charge in [0, 0.05) is 21.0 Å². The molecule has 1 fully saturated rings. The van der Waals surface area contributed by atoms with Crippen molar-refractivity contribution in [1.82, 2.24) is 5.32 Å². The van der Waals surface area contributed by atoms with Crippen molar-refractivity contribution in [1.29, 1.82) is 0 Å². The molecule has 0 heterocycles. The molecule has 38 heavy (non-hydrogen) atoms. The van der Waals surface area contributed by atoms with E-state index in [1.807, 2.05) is 57.2 Å². The number of methoxy groups -OCH3 is 1. The van der Waals surface area contributed by atoms with Gasteiger partial charge >= 0.3 is 12.1 Å². The van der Waals surface area contributed by atoms with E-state index in [2.05, 4.69) is 5.32 Å². The maximum atomic E-state index is 11.3. The SMILES string of the molecule is CC.COC(C)(C)OC(=O)NCC(=O)OCC1CC1.Cc1ccc(OCON(N)c2ccccc2N)cc1. The highest BCUT2D eigenvalue weighted by Crippen LogP contribution is 2.28. The fraction of sp³-hybridized carbons (Fsp3) is 0.481. The van der Waals surface area contributed by atoms with E-state index < -0.39 is 17.8 Å². The minimum atomic E-state index is -1.01. The van der Waals surface area contributed by atoms with Gasteiger partial charge in [-0.05, 0) is 49.9 Å². The lowest BCUT2D eigenvalue weighted by molar-refractivity contribution is -0.158. The monoisotopic (exact) mass is 534 g/mol. The maximum Gasteiger partial charge on any atom is 0.410 e. The van der Waals surface area contributed by atoms with Gasteiger partial charge in [-0.1, -0.05) is 43.7 Å². The number of rotatable bonds is 11. The summed E-state index contributed by atoms with van der Waals surface area (Å²) in [5, 5.41) is 3.40. The smallest absolute Gasteiger partial charge is 0.410 e. The molecule has 1 aliphatic carbocycles. The molecule has 5 N–H and O–H groups in total. The second-order valence-corrected chi connectivity index (χ2v) is 8.56. The van der Waals surface area contributed by atoms with Crippen molar-refractivity contribution in [2.24, 2.45) is 11.8 Å². The summed E-state index contributed by atoms with van der Waals surface area (Å²) in [4.78, 5) is 27.7. The number of amides is 1. The zero-order valence-electron chi connectivity index (χ0n) is 23.2. The summed E-state index contributed by atoms with van der Waals surface area (Å²) in [6, 6.07) is 14.8. The van der Waals surface area contributed by atoms with Crippen molar-refractivity contribution in [3.63, 3.8) is 0 Å². The zero-order valence-corrected chi connectivity index (χ0v) is 23.2. The van der Waals surface area contributed by atoms with Crippen LogP contribution in [0.1, 0.15) is 46.1 Å². The molecule has 212 valence electrons. The quantitative estimate of drug-likeness (QED) is 0.125.